The first-order chi connectivity index (χ1) is 16.6. The van der Waals surface area contributed by atoms with Gasteiger partial charge in [-0.1, -0.05) is 17.7 Å². The van der Waals surface area contributed by atoms with Crippen molar-refractivity contribution >= 4 is 40.0 Å². The van der Waals surface area contributed by atoms with E-state index in [0.29, 0.717) is 28.0 Å². The van der Waals surface area contributed by atoms with Gasteiger partial charge in [0.1, 0.15) is 12.3 Å². The maximum Gasteiger partial charge on any atom is 0.405 e. The number of aromatic nitrogens is 5. The third-order valence-electron chi connectivity index (χ3n) is 5.08. The van der Waals surface area contributed by atoms with Crippen LogP contribution in [-0.4, -0.2) is 50.7 Å². The molecule has 0 saturated heterocycles. The number of benzene rings is 2. The van der Waals surface area contributed by atoms with Crippen LogP contribution in [-0.2, 0) is 0 Å². The predicted octanol–water partition coefficient (Wildman–Crippen LogP) is 5.10. The summed E-state index contributed by atoms with van der Waals surface area (Å²) in [6.07, 6.45) is -2.90. The largest absolute Gasteiger partial charge is 0.496 e. The lowest BCUT2D eigenvalue weighted by atomic mass is 10.1. The van der Waals surface area contributed by atoms with E-state index in [1.54, 1.807) is 23.0 Å². The fourth-order valence-corrected chi connectivity index (χ4v) is 3.65. The highest BCUT2D eigenvalue weighted by molar-refractivity contribution is 6.38. The maximum absolute atomic E-state index is 12.5. The van der Waals surface area contributed by atoms with E-state index in [0.717, 1.165) is 10.9 Å². The van der Waals surface area contributed by atoms with Crippen molar-refractivity contribution in [2.24, 2.45) is 0 Å². The Kier molecular flexibility index (Phi) is 6.57. The van der Waals surface area contributed by atoms with Gasteiger partial charge in [-0.2, -0.15) is 23.3 Å². The van der Waals surface area contributed by atoms with Crippen molar-refractivity contribution in [3.05, 3.63) is 47.1 Å². The predicted molar refractivity (Wildman–Crippen MR) is 125 cm³/mol. The number of hydrogen-bond donors (Lipinski definition) is 3. The van der Waals surface area contributed by atoms with E-state index in [-0.39, 0.29) is 17.4 Å². The van der Waals surface area contributed by atoms with Crippen LogP contribution in [0.25, 0.3) is 22.3 Å². The number of ether oxygens (including phenoxy) is 1. The number of carbonyl (C=O) groups excluding carboxylic acids is 1. The van der Waals surface area contributed by atoms with Gasteiger partial charge in [0, 0.05) is 10.9 Å². The summed E-state index contributed by atoms with van der Waals surface area (Å²) in [4.78, 5) is 16.8. The van der Waals surface area contributed by atoms with Gasteiger partial charge in [0.05, 0.1) is 41.1 Å². The Labute approximate surface area is 202 Å². The van der Waals surface area contributed by atoms with Crippen LogP contribution < -0.4 is 15.4 Å². The van der Waals surface area contributed by atoms with Crippen LogP contribution in [0.4, 0.5) is 24.8 Å². The average molecular weight is 508 g/mol. The molecule has 0 atom stereocenters. The Hall–Kier alpha value is -3.80. The number of hydrogen-bond acceptors (Lipinski definition) is 6. The van der Waals surface area contributed by atoms with Crippen LogP contribution in [0.15, 0.2) is 36.5 Å². The van der Waals surface area contributed by atoms with Crippen molar-refractivity contribution in [1.29, 1.82) is 0 Å². The van der Waals surface area contributed by atoms with Gasteiger partial charge < -0.3 is 15.4 Å². The number of amides is 1. The first kappa shape index (κ1) is 24.3. The Morgan fingerprint density at radius 3 is 2.71 bits per heavy atom. The first-order valence-electron chi connectivity index (χ1n) is 10.5. The lowest BCUT2D eigenvalue weighted by molar-refractivity contribution is -0.123. The second-order valence-electron chi connectivity index (χ2n) is 7.89. The zero-order valence-corrected chi connectivity index (χ0v) is 19.6. The number of aromatic amines is 1. The van der Waals surface area contributed by atoms with Crippen LogP contribution in [0.1, 0.15) is 30.2 Å². The summed E-state index contributed by atoms with van der Waals surface area (Å²) in [5, 5.41) is 17.6. The molecule has 2 heterocycles. The zero-order valence-electron chi connectivity index (χ0n) is 18.9. The van der Waals surface area contributed by atoms with E-state index in [1.165, 1.54) is 19.2 Å². The van der Waals surface area contributed by atoms with Crippen molar-refractivity contribution in [2.75, 3.05) is 19.0 Å². The van der Waals surface area contributed by atoms with Gasteiger partial charge in [0.2, 0.25) is 5.95 Å². The third kappa shape index (κ3) is 5.16. The third-order valence-corrected chi connectivity index (χ3v) is 5.49. The number of nitrogens with one attached hydrogen (secondary N) is 3. The zero-order chi connectivity index (χ0) is 25.3. The molecule has 184 valence electrons. The Bertz CT molecular complexity index is 1380. The summed E-state index contributed by atoms with van der Waals surface area (Å²) < 4.78 is 44.3. The molecule has 0 unspecified atom stereocenters. The number of H-pyrrole nitrogens is 1. The van der Waals surface area contributed by atoms with Gasteiger partial charge in [-0.05, 0) is 38.1 Å². The molecular weight excluding hydrogens is 487 g/mol. The molecule has 2 aromatic carbocycles. The highest BCUT2D eigenvalue weighted by Gasteiger charge is 2.28. The molecule has 0 radical (unpaired) electrons. The van der Waals surface area contributed by atoms with Crippen molar-refractivity contribution < 1.29 is 22.7 Å². The number of halogens is 4. The molecule has 0 spiro atoms. The number of rotatable bonds is 7. The standard InChI is InChI=1S/C22H21ClF3N7O2/c1-11(2)33-21(29-16-7-6-15-14(18(16)23)9-28-31-15)30-19(32-33)12-4-5-13(17(8-12)35-3)20(34)27-10-22(24,25)26/h4-9,11H,10H2,1-3H3,(H,27,34)(H,28,31)(H,29,30,32). The Balaban J connectivity index is 1.65. The average Bonchev–Trinajstić information content (AvgIpc) is 3.46. The number of fused-ring (bicyclic) bond motifs is 1. The number of nitrogens with zero attached hydrogens (tertiary/aromatic N) is 4. The molecule has 0 aliphatic heterocycles. The highest BCUT2D eigenvalue weighted by atomic mass is 35.5. The minimum atomic E-state index is -4.52. The molecular formula is C22H21ClF3N7O2. The molecule has 0 bridgehead atoms. The Morgan fingerprint density at radius 2 is 2.03 bits per heavy atom. The monoisotopic (exact) mass is 507 g/mol. The van der Waals surface area contributed by atoms with Crippen LogP contribution in [0.2, 0.25) is 5.02 Å². The van der Waals surface area contributed by atoms with E-state index in [2.05, 4.69) is 25.6 Å². The molecule has 2 aromatic heterocycles. The lowest BCUT2D eigenvalue weighted by Crippen LogP contribution is -2.33. The number of carbonyl (C=O) groups is 1. The molecule has 4 rings (SSSR count). The fourth-order valence-electron chi connectivity index (χ4n) is 3.38. The van der Waals surface area contributed by atoms with E-state index in [9.17, 15) is 18.0 Å². The summed E-state index contributed by atoms with van der Waals surface area (Å²) in [7, 11) is 1.32. The summed E-state index contributed by atoms with van der Waals surface area (Å²) in [6.45, 7) is 2.41. The van der Waals surface area contributed by atoms with Crippen molar-refractivity contribution in [3.63, 3.8) is 0 Å². The quantitative estimate of drug-likeness (QED) is 0.321. The van der Waals surface area contributed by atoms with E-state index >= 15 is 0 Å². The fraction of sp³-hybridized carbons (Fsp3) is 0.273. The van der Waals surface area contributed by atoms with Crippen molar-refractivity contribution in [1.82, 2.24) is 30.3 Å². The highest BCUT2D eigenvalue weighted by Crippen LogP contribution is 2.33. The molecule has 0 aliphatic carbocycles. The van der Waals surface area contributed by atoms with E-state index in [1.807, 2.05) is 25.2 Å². The number of anilines is 2. The van der Waals surface area contributed by atoms with Gasteiger partial charge >= 0.3 is 6.18 Å². The second kappa shape index (κ2) is 9.45. The van der Waals surface area contributed by atoms with Gasteiger partial charge in [0.25, 0.3) is 5.91 Å². The smallest absolute Gasteiger partial charge is 0.405 e. The van der Waals surface area contributed by atoms with Crippen LogP contribution >= 0.6 is 11.6 Å². The number of methoxy groups -OCH3 is 1. The molecule has 35 heavy (non-hydrogen) atoms. The van der Waals surface area contributed by atoms with Crippen molar-refractivity contribution in [2.45, 2.75) is 26.1 Å². The van der Waals surface area contributed by atoms with Crippen LogP contribution in [0.3, 0.4) is 0 Å². The minimum absolute atomic E-state index is 0.0395. The summed E-state index contributed by atoms with van der Waals surface area (Å²) in [6, 6.07) is 7.97. The van der Waals surface area contributed by atoms with Crippen molar-refractivity contribution in [3.8, 4) is 17.1 Å². The molecule has 3 N–H and O–H groups in total. The number of alkyl halides is 3. The molecule has 0 fully saturated rings. The van der Waals surface area contributed by atoms with Gasteiger partial charge in [-0.3, -0.25) is 9.89 Å². The maximum atomic E-state index is 12.5. The van der Waals surface area contributed by atoms with Gasteiger partial charge in [-0.25, -0.2) is 4.68 Å². The summed E-state index contributed by atoms with van der Waals surface area (Å²) in [5.74, 6) is -0.0722. The molecule has 4 aromatic rings. The molecule has 9 nitrogen and oxygen atoms in total. The second-order valence-corrected chi connectivity index (χ2v) is 8.27. The lowest BCUT2D eigenvalue weighted by Gasteiger charge is -2.12. The summed E-state index contributed by atoms with van der Waals surface area (Å²) >= 11 is 6.52. The molecule has 0 saturated carbocycles. The summed E-state index contributed by atoms with van der Waals surface area (Å²) in [5.41, 5.74) is 1.86. The van der Waals surface area contributed by atoms with E-state index in [4.69, 9.17) is 16.3 Å². The minimum Gasteiger partial charge on any atom is -0.496 e. The molecule has 1 amide bonds. The van der Waals surface area contributed by atoms with Gasteiger partial charge in [-0.15, -0.1) is 5.10 Å². The van der Waals surface area contributed by atoms with Gasteiger partial charge in [0.15, 0.2) is 5.82 Å². The SMILES string of the molecule is COc1cc(-c2nc(Nc3ccc4[nH]ncc4c3Cl)n(C(C)C)n2)ccc1C(=O)NCC(F)(F)F. The van der Waals surface area contributed by atoms with Crippen LogP contribution in [0, 0.1) is 0 Å². The topological polar surface area (TPSA) is 110 Å². The molecule has 0 aliphatic rings. The Morgan fingerprint density at radius 1 is 1.26 bits per heavy atom. The van der Waals surface area contributed by atoms with E-state index < -0.39 is 18.6 Å². The molecule has 13 heteroatoms. The normalized spacial score (nSPS) is 11.8. The first-order valence-corrected chi connectivity index (χ1v) is 10.8. The van der Waals surface area contributed by atoms with Crippen LogP contribution in [0.5, 0.6) is 5.75 Å².